The molecule has 0 spiro atoms. The van der Waals surface area contributed by atoms with E-state index in [1.54, 1.807) is 7.77 Å². The molecule has 0 bridgehead atoms. The first-order valence-corrected chi connectivity index (χ1v) is 20.3. The number of rotatable bonds is 8. The van der Waals surface area contributed by atoms with Gasteiger partial charge in [-0.15, -0.1) is 0 Å². The summed E-state index contributed by atoms with van der Waals surface area (Å²) in [5.74, 6) is 0.871. The van der Waals surface area contributed by atoms with Crippen LogP contribution in [0.25, 0.3) is 9.75 Å². The van der Waals surface area contributed by atoms with E-state index in [1.165, 1.54) is 41.9 Å². The first kappa shape index (κ1) is 18.5. The third-order valence-corrected chi connectivity index (χ3v) is 16.2. The predicted molar refractivity (Wildman–Crippen MR) is 108 cm³/mol. The molecule has 2 heterocycles. The molecule has 2 rings (SSSR count). The maximum atomic E-state index is 2.50. The molecule has 0 aromatic carbocycles. The van der Waals surface area contributed by atoms with E-state index in [1.807, 2.05) is 22.7 Å². The van der Waals surface area contributed by atoms with Gasteiger partial charge in [-0.3, -0.25) is 0 Å². The van der Waals surface area contributed by atoms with Crippen LogP contribution in [0.3, 0.4) is 0 Å². The third-order valence-electron chi connectivity index (χ3n) is 4.28. The van der Waals surface area contributed by atoms with Crippen molar-refractivity contribution in [3.8, 4) is 9.75 Å². The Bertz CT molecular complexity index is 574. The molecule has 0 aliphatic rings. The van der Waals surface area contributed by atoms with E-state index < -0.39 is 18.4 Å². The van der Waals surface area contributed by atoms with Crippen molar-refractivity contribution in [2.75, 3.05) is 0 Å². The second-order valence-corrected chi connectivity index (χ2v) is 25.0. The molecule has 0 nitrogen and oxygen atoms in total. The van der Waals surface area contributed by atoms with Crippen molar-refractivity contribution in [3.05, 3.63) is 29.1 Å². The fourth-order valence-electron chi connectivity index (χ4n) is 2.72. The summed E-state index contributed by atoms with van der Waals surface area (Å²) in [7, 11) is 0. The summed E-state index contributed by atoms with van der Waals surface area (Å²) >= 11 is 2.18. The van der Waals surface area contributed by atoms with E-state index in [4.69, 9.17) is 0 Å². The molecule has 2 aromatic rings. The van der Waals surface area contributed by atoms with E-state index in [2.05, 4.69) is 52.9 Å². The van der Waals surface area contributed by atoms with Crippen LogP contribution in [0.15, 0.2) is 24.3 Å². The van der Waals surface area contributed by atoms with Crippen LogP contribution in [-0.2, 0) is 6.42 Å². The predicted octanol–water partition coefficient (Wildman–Crippen LogP) is 6.78. The second kappa shape index (κ2) is 8.34. The quantitative estimate of drug-likeness (QED) is 0.396. The van der Waals surface area contributed by atoms with Crippen molar-refractivity contribution in [1.82, 2.24) is 0 Å². The van der Waals surface area contributed by atoms with Crippen LogP contribution in [-0.4, -0.2) is 18.4 Å². The Morgan fingerprint density at radius 3 is 2.23 bits per heavy atom. The van der Waals surface area contributed by atoms with Gasteiger partial charge in [-0.2, -0.15) is 0 Å². The Labute approximate surface area is 148 Å². The minimum atomic E-state index is -1.89. The van der Waals surface area contributed by atoms with Crippen LogP contribution in [0.5, 0.6) is 0 Å². The summed E-state index contributed by atoms with van der Waals surface area (Å²) in [6.45, 7) is 4.64. The number of hydrogen-bond donors (Lipinski definition) is 0. The molecule has 0 fully saturated rings. The summed E-state index contributed by atoms with van der Waals surface area (Å²) in [4.78, 5) is 12.1. The molecule has 0 saturated heterocycles. The Morgan fingerprint density at radius 1 is 0.955 bits per heavy atom. The standard InChI is InChI=1S/C16H21S2.3CH3.Sn/c1-3-5-7-13(4-2)12-14-9-10-16(18-14)15-8-6-11-17-15;;;;/h6,8-10,13H,3-5,7,12H2,1-2H3;3*1H3;. The molecule has 122 valence electrons. The molecular formula is C19H30S2Sn. The summed E-state index contributed by atoms with van der Waals surface area (Å²) < 4.78 is 1.69. The van der Waals surface area contributed by atoms with E-state index in [0.717, 1.165) is 5.92 Å². The Balaban J connectivity index is 2.06. The van der Waals surface area contributed by atoms with Crippen LogP contribution in [0.1, 0.15) is 44.4 Å². The van der Waals surface area contributed by atoms with Crippen molar-refractivity contribution < 1.29 is 0 Å². The number of thiophene rings is 2. The first-order chi connectivity index (χ1) is 10.4. The molecule has 22 heavy (non-hydrogen) atoms. The van der Waals surface area contributed by atoms with E-state index in [-0.39, 0.29) is 0 Å². The molecule has 0 radical (unpaired) electrons. The third kappa shape index (κ3) is 5.10. The van der Waals surface area contributed by atoms with Gasteiger partial charge in [0.1, 0.15) is 0 Å². The number of unbranched alkanes of at least 4 members (excludes halogenated alkanes) is 1. The van der Waals surface area contributed by atoms with Gasteiger partial charge < -0.3 is 0 Å². The fraction of sp³-hybridized carbons (Fsp3) is 0.579. The normalized spacial score (nSPS) is 13.5. The minimum absolute atomic E-state index is 0.871. The topological polar surface area (TPSA) is 0 Å². The van der Waals surface area contributed by atoms with Crippen LogP contribution in [0.4, 0.5) is 0 Å². The summed E-state index contributed by atoms with van der Waals surface area (Å²) in [6, 6.07) is 9.46. The molecule has 0 saturated carbocycles. The monoisotopic (exact) mass is 442 g/mol. The van der Waals surface area contributed by atoms with Gasteiger partial charge >= 0.3 is 150 Å². The van der Waals surface area contributed by atoms with Gasteiger partial charge in [0.05, 0.1) is 0 Å². The summed E-state index contributed by atoms with van der Waals surface area (Å²) in [6.07, 6.45) is 6.68. The molecule has 0 amide bonds. The Hall–Kier alpha value is 0.199. The van der Waals surface area contributed by atoms with Gasteiger partial charge in [0.25, 0.3) is 0 Å². The zero-order valence-corrected chi connectivity index (χ0v) is 19.2. The van der Waals surface area contributed by atoms with Crippen LogP contribution in [0.2, 0.25) is 14.8 Å². The van der Waals surface area contributed by atoms with Gasteiger partial charge in [-0.05, 0) is 0 Å². The summed E-state index contributed by atoms with van der Waals surface area (Å²) in [5.41, 5.74) is 0. The maximum absolute atomic E-state index is 2.50. The van der Waals surface area contributed by atoms with Gasteiger partial charge in [-0.25, -0.2) is 0 Å². The average Bonchev–Trinajstić information content (AvgIpc) is 3.11. The van der Waals surface area contributed by atoms with Crippen molar-refractivity contribution in [2.24, 2.45) is 5.92 Å². The second-order valence-electron chi connectivity index (χ2n) is 7.30. The van der Waals surface area contributed by atoms with Crippen LogP contribution >= 0.6 is 22.7 Å². The van der Waals surface area contributed by atoms with Gasteiger partial charge in [0, 0.05) is 0 Å². The Morgan fingerprint density at radius 2 is 1.64 bits per heavy atom. The van der Waals surface area contributed by atoms with Gasteiger partial charge in [0.2, 0.25) is 0 Å². The molecule has 1 unspecified atom stereocenters. The molecular weight excluding hydrogens is 411 g/mol. The first-order valence-electron chi connectivity index (χ1n) is 8.63. The van der Waals surface area contributed by atoms with E-state index >= 15 is 0 Å². The van der Waals surface area contributed by atoms with Crippen molar-refractivity contribution in [2.45, 2.75) is 60.8 Å². The van der Waals surface area contributed by atoms with E-state index in [9.17, 15) is 0 Å². The summed E-state index contributed by atoms with van der Waals surface area (Å²) in [5, 5.41) is 0. The number of hydrogen-bond acceptors (Lipinski definition) is 2. The Kier molecular flexibility index (Phi) is 7.03. The molecule has 0 N–H and O–H groups in total. The SMILES string of the molecule is CCCCC(CC)Cc1ccc(-c2cc[c]([Sn]([CH3])([CH3])[CH3])s2)s1. The van der Waals surface area contributed by atoms with Gasteiger partial charge in [0.15, 0.2) is 0 Å². The molecule has 0 aliphatic carbocycles. The van der Waals surface area contributed by atoms with Crippen molar-refractivity contribution in [1.29, 1.82) is 0 Å². The van der Waals surface area contributed by atoms with Crippen molar-refractivity contribution >= 4 is 43.9 Å². The molecule has 1 atom stereocenters. The zero-order chi connectivity index (χ0) is 16.2. The fourth-order valence-corrected chi connectivity index (χ4v) is 10.2. The van der Waals surface area contributed by atoms with Crippen LogP contribution < -0.4 is 2.89 Å². The van der Waals surface area contributed by atoms with Crippen molar-refractivity contribution in [3.63, 3.8) is 0 Å². The molecule has 0 aliphatic heterocycles. The molecule has 2 aromatic heterocycles. The van der Waals surface area contributed by atoms with Crippen LogP contribution in [0, 0.1) is 5.92 Å². The average molecular weight is 441 g/mol. The molecule has 3 heteroatoms. The zero-order valence-electron chi connectivity index (χ0n) is 14.7. The van der Waals surface area contributed by atoms with Gasteiger partial charge in [-0.1, -0.05) is 0 Å². The van der Waals surface area contributed by atoms with E-state index in [0.29, 0.717) is 0 Å².